The van der Waals surface area contributed by atoms with Crippen LogP contribution in [0.2, 0.25) is 0 Å². The van der Waals surface area contributed by atoms with Crippen molar-refractivity contribution in [1.29, 1.82) is 0 Å². The van der Waals surface area contributed by atoms with Crippen LogP contribution >= 0.6 is 15.9 Å². The maximum absolute atomic E-state index is 10.6. The number of hydrogen-bond donors (Lipinski definition) is 1. The molecule has 3 heteroatoms. The molecular formula is C18H16BrNO. The number of aromatic nitrogens is 1. The van der Waals surface area contributed by atoms with Crippen LogP contribution in [0, 0.1) is 13.8 Å². The van der Waals surface area contributed by atoms with Crippen molar-refractivity contribution in [3.63, 3.8) is 0 Å². The fourth-order valence-corrected chi connectivity index (χ4v) is 3.02. The smallest absolute Gasteiger partial charge is 0.104 e. The van der Waals surface area contributed by atoms with Crippen molar-refractivity contribution >= 4 is 26.8 Å². The van der Waals surface area contributed by atoms with Crippen LogP contribution in [0.3, 0.4) is 0 Å². The highest BCUT2D eigenvalue weighted by Gasteiger charge is 2.13. The minimum absolute atomic E-state index is 0.621. The summed E-state index contributed by atoms with van der Waals surface area (Å²) in [5, 5.41) is 11.7. The van der Waals surface area contributed by atoms with Crippen LogP contribution in [0.5, 0.6) is 0 Å². The maximum atomic E-state index is 10.6. The fourth-order valence-electron chi connectivity index (χ4n) is 2.54. The van der Waals surface area contributed by atoms with Crippen LogP contribution in [0.15, 0.2) is 53.0 Å². The second-order valence-corrected chi connectivity index (χ2v) is 6.22. The van der Waals surface area contributed by atoms with Gasteiger partial charge >= 0.3 is 0 Å². The van der Waals surface area contributed by atoms with Crippen molar-refractivity contribution < 1.29 is 5.11 Å². The number of nitrogens with zero attached hydrogens (tertiary/aromatic N) is 1. The number of aryl methyl sites for hydroxylation is 2. The summed E-state index contributed by atoms with van der Waals surface area (Å²) in [6, 6.07) is 15.9. The summed E-state index contributed by atoms with van der Waals surface area (Å²) in [7, 11) is 0. The molecule has 3 aromatic rings. The van der Waals surface area contributed by atoms with Gasteiger partial charge in [0.1, 0.15) is 6.10 Å². The molecule has 0 aliphatic carbocycles. The topological polar surface area (TPSA) is 33.1 Å². The highest BCUT2D eigenvalue weighted by molar-refractivity contribution is 9.10. The minimum Gasteiger partial charge on any atom is -0.384 e. The largest absolute Gasteiger partial charge is 0.384 e. The van der Waals surface area contributed by atoms with E-state index in [0.29, 0.717) is 0 Å². The fraction of sp³-hybridized carbons (Fsp3) is 0.167. The molecule has 1 aromatic heterocycles. The molecule has 1 N–H and O–H groups in total. The Bertz CT molecular complexity index is 813. The second kappa shape index (κ2) is 5.58. The molecule has 0 amide bonds. The SMILES string of the molecule is Cc1ccc2cc(C(O)c3ccc(Br)cc3C)ccc2n1. The Kier molecular flexibility index (Phi) is 3.79. The number of fused-ring (bicyclic) bond motifs is 1. The van der Waals surface area contributed by atoms with Crippen molar-refractivity contribution in [1.82, 2.24) is 4.98 Å². The Balaban J connectivity index is 2.04. The third-order valence-electron chi connectivity index (χ3n) is 3.69. The lowest BCUT2D eigenvalue weighted by molar-refractivity contribution is 0.219. The first-order chi connectivity index (χ1) is 10.0. The molecule has 0 spiro atoms. The van der Waals surface area contributed by atoms with Gasteiger partial charge in [-0.2, -0.15) is 0 Å². The van der Waals surface area contributed by atoms with Gasteiger partial charge in [0.2, 0.25) is 0 Å². The van der Waals surface area contributed by atoms with Gasteiger partial charge in [-0.05, 0) is 60.9 Å². The highest BCUT2D eigenvalue weighted by Crippen LogP contribution is 2.28. The van der Waals surface area contributed by atoms with Crippen LogP contribution in [-0.4, -0.2) is 10.1 Å². The Hall–Kier alpha value is -1.71. The number of pyridine rings is 1. The van der Waals surface area contributed by atoms with Crippen LogP contribution in [0.25, 0.3) is 10.9 Å². The molecule has 2 aromatic carbocycles. The average Bonchev–Trinajstić information content (AvgIpc) is 2.46. The quantitative estimate of drug-likeness (QED) is 0.733. The van der Waals surface area contributed by atoms with Crippen LogP contribution < -0.4 is 0 Å². The number of aliphatic hydroxyl groups excluding tert-OH is 1. The highest BCUT2D eigenvalue weighted by atomic mass is 79.9. The van der Waals surface area contributed by atoms with E-state index in [1.54, 1.807) is 0 Å². The van der Waals surface area contributed by atoms with Crippen molar-refractivity contribution in [2.24, 2.45) is 0 Å². The Morgan fingerprint density at radius 1 is 1.00 bits per heavy atom. The van der Waals surface area contributed by atoms with E-state index in [0.717, 1.165) is 37.8 Å². The number of aliphatic hydroxyl groups is 1. The Labute approximate surface area is 132 Å². The zero-order valence-electron chi connectivity index (χ0n) is 12.0. The maximum Gasteiger partial charge on any atom is 0.104 e. The van der Waals surface area contributed by atoms with Gasteiger partial charge in [-0.3, -0.25) is 4.98 Å². The summed E-state index contributed by atoms with van der Waals surface area (Å²) in [6.45, 7) is 3.99. The van der Waals surface area contributed by atoms with Gasteiger partial charge in [0.05, 0.1) is 5.52 Å². The van der Waals surface area contributed by atoms with Crippen molar-refractivity contribution in [3.05, 3.63) is 75.4 Å². The first kappa shape index (κ1) is 14.2. The molecule has 106 valence electrons. The summed E-state index contributed by atoms with van der Waals surface area (Å²) in [6.07, 6.45) is -0.621. The van der Waals surface area contributed by atoms with E-state index >= 15 is 0 Å². The van der Waals surface area contributed by atoms with Crippen molar-refractivity contribution in [2.45, 2.75) is 20.0 Å². The van der Waals surface area contributed by atoms with Gasteiger partial charge in [0.25, 0.3) is 0 Å². The Morgan fingerprint density at radius 2 is 1.81 bits per heavy atom. The summed E-state index contributed by atoms with van der Waals surface area (Å²) in [5.74, 6) is 0. The molecule has 21 heavy (non-hydrogen) atoms. The third kappa shape index (κ3) is 2.85. The van der Waals surface area contributed by atoms with Crippen LogP contribution in [-0.2, 0) is 0 Å². The third-order valence-corrected chi connectivity index (χ3v) is 4.19. The molecule has 0 saturated carbocycles. The van der Waals surface area contributed by atoms with E-state index in [2.05, 4.69) is 20.9 Å². The van der Waals surface area contributed by atoms with E-state index in [1.165, 1.54) is 0 Å². The first-order valence-electron chi connectivity index (χ1n) is 6.86. The number of rotatable bonds is 2. The van der Waals surface area contributed by atoms with Gasteiger partial charge in [-0.25, -0.2) is 0 Å². The number of benzene rings is 2. The minimum atomic E-state index is -0.621. The van der Waals surface area contributed by atoms with E-state index in [-0.39, 0.29) is 0 Å². The van der Waals surface area contributed by atoms with Gasteiger partial charge in [0, 0.05) is 15.6 Å². The summed E-state index contributed by atoms with van der Waals surface area (Å²) < 4.78 is 1.02. The van der Waals surface area contributed by atoms with Gasteiger partial charge < -0.3 is 5.11 Å². The predicted octanol–water partition coefficient (Wildman–Crippen LogP) is 4.70. The van der Waals surface area contributed by atoms with E-state index in [9.17, 15) is 5.11 Å². The van der Waals surface area contributed by atoms with Gasteiger partial charge in [-0.15, -0.1) is 0 Å². The van der Waals surface area contributed by atoms with Crippen molar-refractivity contribution in [2.75, 3.05) is 0 Å². The second-order valence-electron chi connectivity index (χ2n) is 5.31. The first-order valence-corrected chi connectivity index (χ1v) is 7.65. The van der Waals surface area contributed by atoms with Crippen LogP contribution in [0.4, 0.5) is 0 Å². The molecule has 1 unspecified atom stereocenters. The van der Waals surface area contributed by atoms with E-state index < -0.39 is 6.10 Å². The monoisotopic (exact) mass is 341 g/mol. The molecular weight excluding hydrogens is 326 g/mol. The molecule has 1 heterocycles. The molecule has 3 rings (SSSR count). The molecule has 0 aliphatic rings. The molecule has 1 atom stereocenters. The molecule has 0 radical (unpaired) electrons. The molecule has 0 bridgehead atoms. The normalized spacial score (nSPS) is 12.6. The van der Waals surface area contributed by atoms with Gasteiger partial charge in [-0.1, -0.05) is 34.1 Å². The predicted molar refractivity (Wildman–Crippen MR) is 89.4 cm³/mol. The molecule has 2 nitrogen and oxygen atoms in total. The number of halogens is 1. The van der Waals surface area contributed by atoms with E-state index in [1.807, 2.05) is 62.4 Å². The Morgan fingerprint density at radius 3 is 2.57 bits per heavy atom. The zero-order valence-corrected chi connectivity index (χ0v) is 13.6. The molecule has 0 saturated heterocycles. The average molecular weight is 342 g/mol. The lowest BCUT2D eigenvalue weighted by Crippen LogP contribution is -2.02. The standard InChI is InChI=1S/C18H16BrNO/c1-11-9-15(19)6-7-16(11)18(21)14-5-8-17-13(10-14)4-3-12(2)20-17/h3-10,18,21H,1-2H3. The molecule has 0 aliphatic heterocycles. The van der Waals surface area contributed by atoms with Crippen molar-refractivity contribution in [3.8, 4) is 0 Å². The lowest BCUT2D eigenvalue weighted by Gasteiger charge is -2.15. The number of hydrogen-bond acceptors (Lipinski definition) is 2. The summed E-state index contributed by atoms with van der Waals surface area (Å²) in [4.78, 5) is 4.49. The lowest BCUT2D eigenvalue weighted by atomic mass is 9.96. The van der Waals surface area contributed by atoms with E-state index in [4.69, 9.17) is 0 Å². The van der Waals surface area contributed by atoms with Gasteiger partial charge in [0.15, 0.2) is 0 Å². The summed E-state index contributed by atoms with van der Waals surface area (Å²) >= 11 is 3.45. The zero-order chi connectivity index (χ0) is 15.0. The van der Waals surface area contributed by atoms with Crippen LogP contribution in [0.1, 0.15) is 28.5 Å². The summed E-state index contributed by atoms with van der Waals surface area (Å²) in [5.41, 5.74) is 4.84. The molecule has 0 fully saturated rings.